The van der Waals surface area contributed by atoms with Crippen molar-refractivity contribution in [3.05, 3.63) is 0 Å². The van der Waals surface area contributed by atoms with Gasteiger partial charge in [0.2, 0.25) is 0 Å². The van der Waals surface area contributed by atoms with Crippen LogP contribution in [0.4, 0.5) is 0 Å². The summed E-state index contributed by atoms with van der Waals surface area (Å²) in [4.78, 5) is 48.8. The molecule has 0 saturated heterocycles. The zero-order valence-corrected chi connectivity index (χ0v) is 18.2. The van der Waals surface area contributed by atoms with Gasteiger partial charge in [-0.05, 0) is 25.7 Å². The quantitative estimate of drug-likeness (QED) is 0.431. The average molecular weight is 427 g/mol. The van der Waals surface area contributed by atoms with Crippen LogP contribution in [-0.2, 0) is 38.1 Å². The largest absolute Gasteiger partial charge is 0.469 e. The average Bonchev–Trinajstić information content (AvgIpc) is 2.79. The Labute approximate surface area is 177 Å². The molecule has 0 bridgehead atoms. The molecule has 0 amide bonds. The number of hydrogen-bond donors (Lipinski definition) is 0. The lowest BCUT2D eigenvalue weighted by atomic mass is 9.79. The molecule has 0 spiro atoms. The van der Waals surface area contributed by atoms with Crippen molar-refractivity contribution in [2.75, 3.05) is 27.4 Å². The number of methoxy groups -OCH3 is 2. The molecule has 0 N–H and O–H groups in total. The number of esters is 4. The molecule has 0 aliphatic heterocycles. The monoisotopic (exact) mass is 426 g/mol. The second kappa shape index (κ2) is 11.9. The highest BCUT2D eigenvalue weighted by Crippen LogP contribution is 2.33. The lowest BCUT2D eigenvalue weighted by Crippen LogP contribution is -2.36. The highest BCUT2D eigenvalue weighted by molar-refractivity contribution is 5.83. The highest BCUT2D eigenvalue weighted by Gasteiger charge is 2.39. The van der Waals surface area contributed by atoms with Crippen molar-refractivity contribution in [2.45, 2.75) is 58.3 Å². The van der Waals surface area contributed by atoms with E-state index in [1.165, 1.54) is 14.2 Å². The number of carbonyl (C=O) groups excluding carboxylic acids is 4. The highest BCUT2D eigenvalue weighted by atomic mass is 16.6. The predicted molar refractivity (Wildman–Crippen MR) is 106 cm³/mol. The van der Waals surface area contributed by atoms with Gasteiger partial charge in [-0.2, -0.15) is 0 Å². The molecule has 0 aromatic rings. The molecule has 8 heteroatoms. The van der Waals surface area contributed by atoms with E-state index in [9.17, 15) is 19.2 Å². The standard InChI is InChI=1S/C22H34O8/c1-14(12-29-21(25)17-10-6-4-8-15(17)19(23)27-2)13-30-22(26)18-11-7-5-9-16(18)20(24)28-3/h14-18H,4-13H2,1-3H3. The Morgan fingerprint density at radius 2 is 0.933 bits per heavy atom. The summed E-state index contributed by atoms with van der Waals surface area (Å²) in [6, 6.07) is 0. The molecule has 30 heavy (non-hydrogen) atoms. The van der Waals surface area contributed by atoms with Crippen LogP contribution in [0, 0.1) is 29.6 Å². The minimum absolute atomic E-state index is 0.0988. The fourth-order valence-electron chi connectivity index (χ4n) is 4.40. The number of ether oxygens (including phenoxy) is 4. The fraction of sp³-hybridized carbons (Fsp3) is 0.818. The first-order valence-electron chi connectivity index (χ1n) is 10.9. The van der Waals surface area contributed by atoms with Crippen LogP contribution in [0.1, 0.15) is 58.3 Å². The second-order valence-corrected chi connectivity index (χ2v) is 8.41. The van der Waals surface area contributed by atoms with Crippen molar-refractivity contribution in [3.8, 4) is 0 Å². The van der Waals surface area contributed by atoms with E-state index >= 15 is 0 Å². The topological polar surface area (TPSA) is 105 Å². The van der Waals surface area contributed by atoms with Crippen LogP contribution in [0.5, 0.6) is 0 Å². The third kappa shape index (κ3) is 6.44. The van der Waals surface area contributed by atoms with E-state index in [-0.39, 0.29) is 31.1 Å². The van der Waals surface area contributed by atoms with E-state index in [0.29, 0.717) is 25.7 Å². The second-order valence-electron chi connectivity index (χ2n) is 8.41. The van der Waals surface area contributed by atoms with Crippen molar-refractivity contribution in [1.82, 2.24) is 0 Å². The Morgan fingerprint density at radius 1 is 0.633 bits per heavy atom. The summed E-state index contributed by atoms with van der Waals surface area (Å²) in [5.74, 6) is -3.61. The third-order valence-corrected chi connectivity index (χ3v) is 6.17. The maximum Gasteiger partial charge on any atom is 0.309 e. The van der Waals surface area contributed by atoms with Gasteiger partial charge >= 0.3 is 23.9 Å². The molecular formula is C22H34O8. The van der Waals surface area contributed by atoms with Crippen molar-refractivity contribution in [2.24, 2.45) is 29.6 Å². The van der Waals surface area contributed by atoms with Crippen molar-refractivity contribution in [3.63, 3.8) is 0 Å². The van der Waals surface area contributed by atoms with Crippen molar-refractivity contribution < 1.29 is 38.1 Å². The summed E-state index contributed by atoms with van der Waals surface area (Å²) < 4.78 is 20.5. The van der Waals surface area contributed by atoms with Gasteiger partial charge in [-0.1, -0.05) is 32.6 Å². The van der Waals surface area contributed by atoms with Gasteiger partial charge in [-0.3, -0.25) is 19.2 Å². The number of hydrogen-bond acceptors (Lipinski definition) is 8. The van der Waals surface area contributed by atoms with Gasteiger partial charge in [-0.25, -0.2) is 0 Å². The number of carbonyl (C=O) groups is 4. The molecule has 0 aromatic carbocycles. The molecule has 2 aliphatic rings. The smallest absolute Gasteiger partial charge is 0.309 e. The van der Waals surface area contributed by atoms with E-state index in [4.69, 9.17) is 18.9 Å². The van der Waals surface area contributed by atoms with Gasteiger partial charge in [0.05, 0.1) is 51.1 Å². The van der Waals surface area contributed by atoms with Gasteiger partial charge in [0.15, 0.2) is 0 Å². The zero-order valence-electron chi connectivity index (χ0n) is 18.2. The van der Waals surface area contributed by atoms with Crippen LogP contribution < -0.4 is 0 Å². The van der Waals surface area contributed by atoms with Crippen molar-refractivity contribution >= 4 is 23.9 Å². The molecule has 0 aromatic heterocycles. The Morgan fingerprint density at radius 3 is 1.23 bits per heavy atom. The Kier molecular flexibility index (Phi) is 9.59. The summed E-state index contributed by atoms with van der Waals surface area (Å²) in [5, 5.41) is 0. The van der Waals surface area contributed by atoms with Crippen LogP contribution in [0.3, 0.4) is 0 Å². The lowest BCUT2D eigenvalue weighted by molar-refractivity contribution is -0.165. The Hall–Kier alpha value is -2.12. The van der Waals surface area contributed by atoms with Gasteiger partial charge < -0.3 is 18.9 Å². The van der Waals surface area contributed by atoms with E-state index in [0.717, 1.165) is 25.7 Å². The molecule has 4 unspecified atom stereocenters. The minimum Gasteiger partial charge on any atom is -0.469 e. The maximum atomic E-state index is 12.5. The molecule has 0 radical (unpaired) electrons. The molecule has 4 atom stereocenters. The maximum absolute atomic E-state index is 12.5. The van der Waals surface area contributed by atoms with Gasteiger partial charge in [0.1, 0.15) is 0 Å². The Balaban J connectivity index is 1.79. The molecule has 2 aliphatic carbocycles. The van der Waals surface area contributed by atoms with Gasteiger partial charge in [0.25, 0.3) is 0 Å². The summed E-state index contributed by atoms with van der Waals surface area (Å²) in [6.45, 7) is 2.01. The molecular weight excluding hydrogens is 392 g/mol. The normalized spacial score (nSPS) is 27.4. The summed E-state index contributed by atoms with van der Waals surface area (Å²) in [7, 11) is 2.65. The molecule has 2 rings (SSSR count). The number of rotatable bonds is 8. The molecule has 170 valence electrons. The van der Waals surface area contributed by atoms with Crippen LogP contribution in [0.25, 0.3) is 0 Å². The van der Waals surface area contributed by atoms with E-state index in [1.807, 2.05) is 6.92 Å². The molecule has 8 nitrogen and oxygen atoms in total. The molecule has 2 fully saturated rings. The third-order valence-electron chi connectivity index (χ3n) is 6.17. The van der Waals surface area contributed by atoms with Gasteiger partial charge in [0, 0.05) is 5.92 Å². The van der Waals surface area contributed by atoms with Crippen molar-refractivity contribution in [1.29, 1.82) is 0 Å². The predicted octanol–water partition coefficient (Wildman–Crippen LogP) is 2.67. The fourth-order valence-corrected chi connectivity index (χ4v) is 4.40. The molecule has 0 heterocycles. The van der Waals surface area contributed by atoms with Crippen LogP contribution >= 0.6 is 0 Å². The first-order valence-corrected chi connectivity index (χ1v) is 10.9. The summed E-state index contributed by atoms with van der Waals surface area (Å²) >= 11 is 0. The SMILES string of the molecule is COC(=O)C1CCCCC1C(=O)OCC(C)COC(=O)C1CCCCC1C(=O)OC. The first-order chi connectivity index (χ1) is 14.4. The van der Waals surface area contributed by atoms with Crippen LogP contribution in [0.2, 0.25) is 0 Å². The molecule has 2 saturated carbocycles. The minimum atomic E-state index is -0.482. The van der Waals surface area contributed by atoms with Gasteiger partial charge in [-0.15, -0.1) is 0 Å². The zero-order chi connectivity index (χ0) is 22.1. The summed E-state index contributed by atoms with van der Waals surface area (Å²) in [5.41, 5.74) is 0. The van der Waals surface area contributed by atoms with E-state index < -0.39 is 35.6 Å². The lowest BCUT2D eigenvalue weighted by Gasteiger charge is -2.29. The van der Waals surface area contributed by atoms with Crippen LogP contribution in [-0.4, -0.2) is 51.3 Å². The van der Waals surface area contributed by atoms with E-state index in [1.54, 1.807) is 0 Å². The Bertz CT molecular complexity index is 564. The first kappa shape index (κ1) is 24.2. The van der Waals surface area contributed by atoms with E-state index in [2.05, 4.69) is 0 Å². The van der Waals surface area contributed by atoms with Crippen LogP contribution in [0.15, 0.2) is 0 Å². The summed E-state index contributed by atoms with van der Waals surface area (Å²) in [6.07, 6.45) is 6.02.